The summed E-state index contributed by atoms with van der Waals surface area (Å²) in [5.41, 5.74) is 7.40. The fraction of sp³-hybridized carbons (Fsp3) is 0.360. The van der Waals surface area contributed by atoms with E-state index < -0.39 is 0 Å². The van der Waals surface area contributed by atoms with Crippen molar-refractivity contribution in [1.82, 2.24) is 24.9 Å². The third kappa shape index (κ3) is 4.43. The molecule has 0 bridgehead atoms. The minimum absolute atomic E-state index is 0.356. The molecule has 0 N–H and O–H groups in total. The molecule has 4 rings (SSSR count). The van der Waals surface area contributed by atoms with Gasteiger partial charge in [-0.25, -0.2) is 24.9 Å². The summed E-state index contributed by atoms with van der Waals surface area (Å²) in [6, 6.07) is 8.08. The van der Waals surface area contributed by atoms with Gasteiger partial charge in [-0.05, 0) is 75.9 Å². The SMILES string of the molecule is CC1=NC(c2nc(-c3cc(C)cc(C)n3)nc(-c3cc(C)cc(C)n3)n2)=CC(C)C1C. The molecule has 1 aliphatic rings. The molecule has 3 aromatic heterocycles. The fourth-order valence-electron chi connectivity index (χ4n) is 3.86. The molecule has 158 valence electrons. The quantitative estimate of drug-likeness (QED) is 0.582. The second kappa shape index (κ2) is 8.10. The lowest BCUT2D eigenvalue weighted by Gasteiger charge is -2.22. The Balaban J connectivity index is 1.94. The summed E-state index contributed by atoms with van der Waals surface area (Å²) in [6.07, 6.45) is 2.14. The lowest BCUT2D eigenvalue weighted by atomic mass is 9.89. The topological polar surface area (TPSA) is 76.8 Å². The Hall–Kier alpha value is -3.28. The summed E-state index contributed by atoms with van der Waals surface area (Å²) < 4.78 is 0. The van der Waals surface area contributed by atoms with Gasteiger partial charge in [-0.2, -0.15) is 0 Å². The van der Waals surface area contributed by atoms with E-state index in [-0.39, 0.29) is 0 Å². The van der Waals surface area contributed by atoms with Gasteiger partial charge in [-0.1, -0.05) is 19.9 Å². The number of pyridine rings is 2. The Morgan fingerprint density at radius 3 is 1.55 bits per heavy atom. The number of rotatable bonds is 3. The highest BCUT2D eigenvalue weighted by Crippen LogP contribution is 2.29. The zero-order valence-electron chi connectivity index (χ0n) is 19.2. The van der Waals surface area contributed by atoms with Crippen molar-refractivity contribution in [2.75, 3.05) is 0 Å². The number of allylic oxidation sites excluding steroid dienone is 1. The molecule has 0 fully saturated rings. The number of nitrogens with zero attached hydrogens (tertiary/aromatic N) is 6. The van der Waals surface area contributed by atoms with Crippen LogP contribution in [0.15, 0.2) is 35.3 Å². The predicted octanol–water partition coefficient (Wildman–Crippen LogP) is 5.32. The Kier molecular flexibility index (Phi) is 5.48. The van der Waals surface area contributed by atoms with Crippen molar-refractivity contribution in [2.24, 2.45) is 16.8 Å². The van der Waals surface area contributed by atoms with Gasteiger partial charge in [-0.15, -0.1) is 0 Å². The maximum Gasteiger partial charge on any atom is 0.182 e. The first-order chi connectivity index (χ1) is 14.7. The maximum atomic E-state index is 4.81. The summed E-state index contributed by atoms with van der Waals surface area (Å²) in [5, 5.41) is 0. The van der Waals surface area contributed by atoms with Gasteiger partial charge in [0.25, 0.3) is 0 Å². The minimum atomic E-state index is 0.356. The number of aryl methyl sites for hydroxylation is 4. The number of hydrogen-bond acceptors (Lipinski definition) is 6. The molecule has 0 radical (unpaired) electrons. The van der Waals surface area contributed by atoms with Crippen LogP contribution in [0, 0.1) is 39.5 Å². The third-order valence-electron chi connectivity index (χ3n) is 5.68. The van der Waals surface area contributed by atoms with Gasteiger partial charge in [0.1, 0.15) is 17.1 Å². The fourth-order valence-corrected chi connectivity index (χ4v) is 3.86. The molecule has 4 heterocycles. The zero-order chi connectivity index (χ0) is 22.3. The number of hydrogen-bond donors (Lipinski definition) is 0. The van der Waals surface area contributed by atoms with E-state index in [1.54, 1.807) is 0 Å². The minimum Gasteiger partial charge on any atom is -0.254 e. The smallest absolute Gasteiger partial charge is 0.182 e. The highest BCUT2D eigenvalue weighted by atomic mass is 15.1. The first-order valence-electron chi connectivity index (χ1n) is 10.6. The van der Waals surface area contributed by atoms with Crippen molar-refractivity contribution in [3.05, 3.63) is 58.7 Å². The van der Waals surface area contributed by atoms with Crippen molar-refractivity contribution < 1.29 is 0 Å². The zero-order valence-corrected chi connectivity index (χ0v) is 19.2. The summed E-state index contributed by atoms with van der Waals surface area (Å²) in [6.45, 7) is 14.5. The van der Waals surface area contributed by atoms with Crippen LogP contribution in [0.3, 0.4) is 0 Å². The van der Waals surface area contributed by atoms with Gasteiger partial charge >= 0.3 is 0 Å². The molecule has 6 heteroatoms. The van der Waals surface area contributed by atoms with Crippen LogP contribution in [0.5, 0.6) is 0 Å². The molecule has 3 aromatic rings. The lowest BCUT2D eigenvalue weighted by molar-refractivity contribution is 0.581. The van der Waals surface area contributed by atoms with E-state index in [1.165, 1.54) is 0 Å². The lowest BCUT2D eigenvalue weighted by Crippen LogP contribution is -2.19. The average molecular weight is 413 g/mol. The van der Waals surface area contributed by atoms with Gasteiger partial charge < -0.3 is 0 Å². The monoisotopic (exact) mass is 412 g/mol. The van der Waals surface area contributed by atoms with Gasteiger partial charge in [0.05, 0.1) is 0 Å². The first kappa shape index (κ1) is 21.0. The van der Waals surface area contributed by atoms with Crippen molar-refractivity contribution in [2.45, 2.75) is 48.5 Å². The van der Waals surface area contributed by atoms with Gasteiger partial charge in [0.15, 0.2) is 17.5 Å². The van der Waals surface area contributed by atoms with E-state index in [0.29, 0.717) is 29.3 Å². The molecule has 0 saturated carbocycles. The van der Waals surface area contributed by atoms with E-state index in [4.69, 9.17) is 19.9 Å². The van der Waals surface area contributed by atoms with Crippen molar-refractivity contribution in [3.63, 3.8) is 0 Å². The summed E-state index contributed by atoms with van der Waals surface area (Å²) in [5.74, 6) is 2.38. The molecule has 1 aliphatic heterocycles. The second-order valence-corrected chi connectivity index (χ2v) is 8.60. The van der Waals surface area contributed by atoms with Crippen molar-refractivity contribution in [1.29, 1.82) is 0 Å². The van der Waals surface area contributed by atoms with Crippen LogP contribution >= 0.6 is 0 Å². The van der Waals surface area contributed by atoms with Crippen LogP contribution in [0.4, 0.5) is 0 Å². The standard InChI is InChI=1S/C25H28N6/c1-13-8-16(4)26-20(10-13)23-29-24(21-11-14(2)9-17(5)27-21)31-25(30-23)22-12-15(3)18(6)19(7)28-22/h8-12,15,18H,1-7H3. The second-order valence-electron chi connectivity index (χ2n) is 8.60. The van der Waals surface area contributed by atoms with Crippen LogP contribution in [0.1, 0.15) is 49.1 Å². The van der Waals surface area contributed by atoms with Crippen LogP contribution in [0.2, 0.25) is 0 Å². The Morgan fingerprint density at radius 2 is 1.10 bits per heavy atom. The van der Waals surface area contributed by atoms with E-state index in [0.717, 1.165) is 45.3 Å². The van der Waals surface area contributed by atoms with E-state index in [9.17, 15) is 0 Å². The molecule has 6 nitrogen and oxygen atoms in total. The largest absolute Gasteiger partial charge is 0.254 e. The molecule has 0 spiro atoms. The average Bonchev–Trinajstić information content (AvgIpc) is 2.70. The predicted molar refractivity (Wildman–Crippen MR) is 125 cm³/mol. The maximum absolute atomic E-state index is 4.81. The van der Waals surface area contributed by atoms with Crippen LogP contribution in [-0.4, -0.2) is 30.6 Å². The van der Waals surface area contributed by atoms with Crippen LogP contribution in [-0.2, 0) is 0 Å². The summed E-state index contributed by atoms with van der Waals surface area (Å²) in [7, 11) is 0. The third-order valence-corrected chi connectivity index (χ3v) is 5.68. The Labute approximate surface area is 183 Å². The summed E-state index contributed by atoms with van der Waals surface area (Å²) in [4.78, 5) is 28.5. The van der Waals surface area contributed by atoms with Gasteiger partial charge in [0, 0.05) is 23.0 Å². The van der Waals surface area contributed by atoms with E-state index >= 15 is 0 Å². The summed E-state index contributed by atoms with van der Waals surface area (Å²) >= 11 is 0. The van der Waals surface area contributed by atoms with Crippen molar-refractivity contribution >= 4 is 11.4 Å². The highest BCUT2D eigenvalue weighted by molar-refractivity contribution is 5.91. The van der Waals surface area contributed by atoms with Gasteiger partial charge in [0.2, 0.25) is 0 Å². The molecule has 0 aromatic carbocycles. The number of aromatic nitrogens is 5. The first-order valence-corrected chi connectivity index (χ1v) is 10.6. The normalized spacial score (nSPS) is 18.5. The van der Waals surface area contributed by atoms with Gasteiger partial charge in [-0.3, -0.25) is 4.99 Å². The molecule has 31 heavy (non-hydrogen) atoms. The van der Waals surface area contributed by atoms with Crippen LogP contribution < -0.4 is 0 Å². The molecule has 0 saturated heterocycles. The molecule has 2 unspecified atom stereocenters. The van der Waals surface area contributed by atoms with Crippen molar-refractivity contribution in [3.8, 4) is 23.0 Å². The molecular formula is C25H28N6. The number of aliphatic imine (C=N–C) groups is 1. The molecular weight excluding hydrogens is 384 g/mol. The Bertz CT molecular complexity index is 1110. The van der Waals surface area contributed by atoms with Crippen LogP contribution in [0.25, 0.3) is 28.7 Å². The molecule has 2 atom stereocenters. The molecule has 0 aliphatic carbocycles. The Morgan fingerprint density at radius 1 is 0.613 bits per heavy atom. The highest BCUT2D eigenvalue weighted by Gasteiger charge is 2.23. The van der Waals surface area contributed by atoms with E-state index in [1.807, 2.05) is 52.0 Å². The molecule has 0 amide bonds. The van der Waals surface area contributed by atoms with E-state index in [2.05, 4.69) is 36.8 Å².